The topological polar surface area (TPSA) is 33.2 Å². The molecule has 0 atom stereocenters. The van der Waals surface area contributed by atoms with Crippen LogP contribution in [0.5, 0.6) is 0 Å². The van der Waals surface area contributed by atoms with Crippen molar-refractivity contribution in [1.82, 2.24) is 9.88 Å². The SMILES string of the molecule is CC(C)C(=O)N1CCc2nc(C3CC3)sc2C1. The van der Waals surface area contributed by atoms with E-state index in [0.717, 1.165) is 25.4 Å². The first-order valence-corrected chi connectivity index (χ1v) is 7.24. The summed E-state index contributed by atoms with van der Waals surface area (Å²) in [4.78, 5) is 20.0. The van der Waals surface area contributed by atoms with Crippen LogP contribution in [-0.4, -0.2) is 22.3 Å². The largest absolute Gasteiger partial charge is 0.337 e. The van der Waals surface area contributed by atoms with Gasteiger partial charge in [0.05, 0.1) is 17.2 Å². The molecule has 17 heavy (non-hydrogen) atoms. The van der Waals surface area contributed by atoms with Gasteiger partial charge in [0.2, 0.25) is 5.91 Å². The molecule has 1 saturated carbocycles. The average molecular weight is 250 g/mol. The van der Waals surface area contributed by atoms with E-state index in [1.165, 1.54) is 28.4 Å². The highest BCUT2D eigenvalue weighted by molar-refractivity contribution is 7.11. The fourth-order valence-corrected chi connectivity index (χ4v) is 3.57. The molecule has 0 aromatic carbocycles. The second-order valence-electron chi connectivity index (χ2n) is 5.36. The number of hydrogen-bond acceptors (Lipinski definition) is 3. The molecule has 0 N–H and O–H groups in total. The summed E-state index contributed by atoms with van der Waals surface area (Å²) in [7, 11) is 0. The fourth-order valence-electron chi connectivity index (χ4n) is 2.27. The molecule has 1 aromatic rings. The molecule has 1 amide bonds. The molecule has 0 spiro atoms. The Labute approximate surface area is 106 Å². The number of aromatic nitrogens is 1. The van der Waals surface area contributed by atoms with Crippen molar-refractivity contribution >= 4 is 17.2 Å². The normalized spacial score (nSPS) is 19.6. The van der Waals surface area contributed by atoms with Gasteiger partial charge in [-0.1, -0.05) is 13.8 Å². The minimum atomic E-state index is 0.104. The van der Waals surface area contributed by atoms with E-state index < -0.39 is 0 Å². The molecule has 1 fully saturated rings. The van der Waals surface area contributed by atoms with Crippen LogP contribution in [0.15, 0.2) is 0 Å². The van der Waals surface area contributed by atoms with Crippen LogP contribution in [0.2, 0.25) is 0 Å². The van der Waals surface area contributed by atoms with Gasteiger partial charge in [0.25, 0.3) is 0 Å². The van der Waals surface area contributed by atoms with Crippen molar-refractivity contribution in [3.05, 3.63) is 15.6 Å². The van der Waals surface area contributed by atoms with Gasteiger partial charge >= 0.3 is 0 Å². The predicted molar refractivity (Wildman–Crippen MR) is 68.0 cm³/mol. The molecule has 0 saturated heterocycles. The minimum Gasteiger partial charge on any atom is -0.337 e. The van der Waals surface area contributed by atoms with E-state index >= 15 is 0 Å². The molecule has 0 bridgehead atoms. The third-order valence-corrected chi connectivity index (χ3v) is 4.72. The third kappa shape index (κ3) is 2.10. The molecule has 1 aliphatic carbocycles. The predicted octanol–water partition coefficient (Wildman–Crippen LogP) is 2.56. The maximum Gasteiger partial charge on any atom is 0.225 e. The second-order valence-corrected chi connectivity index (χ2v) is 6.48. The van der Waals surface area contributed by atoms with Gasteiger partial charge in [-0.15, -0.1) is 11.3 Å². The summed E-state index contributed by atoms with van der Waals surface area (Å²) in [6, 6.07) is 0. The molecular formula is C13H18N2OS. The molecule has 92 valence electrons. The van der Waals surface area contributed by atoms with Gasteiger partial charge in [-0.25, -0.2) is 4.98 Å². The molecule has 1 aromatic heterocycles. The van der Waals surface area contributed by atoms with Crippen molar-refractivity contribution < 1.29 is 4.79 Å². The van der Waals surface area contributed by atoms with E-state index in [0.29, 0.717) is 0 Å². The minimum absolute atomic E-state index is 0.104. The van der Waals surface area contributed by atoms with Crippen molar-refractivity contribution in [2.45, 2.75) is 45.6 Å². The monoisotopic (exact) mass is 250 g/mol. The van der Waals surface area contributed by atoms with Crippen LogP contribution in [0.4, 0.5) is 0 Å². The van der Waals surface area contributed by atoms with Crippen molar-refractivity contribution in [2.75, 3.05) is 6.54 Å². The first kappa shape index (κ1) is 11.2. The average Bonchev–Trinajstić information content (AvgIpc) is 3.07. The van der Waals surface area contributed by atoms with Gasteiger partial charge < -0.3 is 4.90 Å². The molecular weight excluding hydrogens is 232 g/mol. The highest BCUT2D eigenvalue weighted by atomic mass is 32.1. The quantitative estimate of drug-likeness (QED) is 0.808. The van der Waals surface area contributed by atoms with Crippen molar-refractivity contribution in [3.8, 4) is 0 Å². The Morgan fingerprint density at radius 3 is 2.88 bits per heavy atom. The number of amides is 1. The Morgan fingerprint density at radius 1 is 1.47 bits per heavy atom. The van der Waals surface area contributed by atoms with Crippen LogP contribution in [-0.2, 0) is 17.8 Å². The summed E-state index contributed by atoms with van der Waals surface area (Å²) in [5.74, 6) is 1.12. The number of nitrogens with zero attached hydrogens (tertiary/aromatic N) is 2. The van der Waals surface area contributed by atoms with E-state index in [9.17, 15) is 4.79 Å². The van der Waals surface area contributed by atoms with Gasteiger partial charge in [-0.05, 0) is 12.8 Å². The number of hydrogen-bond donors (Lipinski definition) is 0. The maximum absolute atomic E-state index is 12.0. The Bertz CT molecular complexity index is 448. The zero-order valence-corrected chi connectivity index (χ0v) is 11.2. The zero-order valence-electron chi connectivity index (χ0n) is 10.4. The van der Waals surface area contributed by atoms with Gasteiger partial charge in [0, 0.05) is 29.7 Å². The van der Waals surface area contributed by atoms with Gasteiger partial charge in [0.15, 0.2) is 0 Å². The highest BCUT2D eigenvalue weighted by Gasteiger charge is 2.31. The van der Waals surface area contributed by atoms with E-state index in [2.05, 4.69) is 0 Å². The summed E-state index contributed by atoms with van der Waals surface area (Å²) < 4.78 is 0. The number of carbonyl (C=O) groups excluding carboxylic acids is 1. The zero-order chi connectivity index (χ0) is 12.0. The fraction of sp³-hybridized carbons (Fsp3) is 0.692. The van der Waals surface area contributed by atoms with Crippen LogP contribution in [0.1, 0.15) is 48.2 Å². The van der Waals surface area contributed by atoms with Crippen LogP contribution in [0.3, 0.4) is 0 Å². The molecule has 0 unspecified atom stereocenters. The van der Waals surface area contributed by atoms with Crippen LogP contribution in [0, 0.1) is 5.92 Å². The lowest BCUT2D eigenvalue weighted by molar-refractivity contribution is -0.135. The first-order valence-electron chi connectivity index (χ1n) is 6.42. The summed E-state index contributed by atoms with van der Waals surface area (Å²) in [5, 5.41) is 1.31. The molecule has 3 rings (SSSR count). The van der Waals surface area contributed by atoms with Crippen LogP contribution >= 0.6 is 11.3 Å². The maximum atomic E-state index is 12.0. The third-order valence-electron chi connectivity index (χ3n) is 3.48. The Hall–Kier alpha value is -0.900. The lowest BCUT2D eigenvalue weighted by Crippen LogP contribution is -2.37. The summed E-state index contributed by atoms with van der Waals surface area (Å²) in [5.41, 5.74) is 1.25. The summed E-state index contributed by atoms with van der Waals surface area (Å²) in [6.07, 6.45) is 3.55. The Kier molecular flexibility index (Phi) is 2.69. The van der Waals surface area contributed by atoms with Crippen LogP contribution in [0.25, 0.3) is 0 Å². The lowest BCUT2D eigenvalue weighted by Gasteiger charge is -2.27. The number of rotatable bonds is 2. The molecule has 3 nitrogen and oxygen atoms in total. The number of carbonyl (C=O) groups is 1. The van der Waals surface area contributed by atoms with E-state index in [4.69, 9.17) is 4.98 Å². The molecule has 2 aliphatic rings. The molecule has 4 heteroatoms. The first-order chi connectivity index (χ1) is 8.15. The Morgan fingerprint density at radius 2 is 2.24 bits per heavy atom. The van der Waals surface area contributed by atoms with Crippen molar-refractivity contribution in [1.29, 1.82) is 0 Å². The second kappa shape index (κ2) is 4.09. The summed E-state index contributed by atoms with van der Waals surface area (Å²) >= 11 is 1.83. The van der Waals surface area contributed by atoms with Crippen molar-refractivity contribution in [3.63, 3.8) is 0 Å². The van der Waals surface area contributed by atoms with Gasteiger partial charge in [-0.3, -0.25) is 4.79 Å². The Balaban J connectivity index is 1.77. The van der Waals surface area contributed by atoms with Gasteiger partial charge in [0.1, 0.15) is 0 Å². The van der Waals surface area contributed by atoms with E-state index in [-0.39, 0.29) is 11.8 Å². The van der Waals surface area contributed by atoms with Gasteiger partial charge in [-0.2, -0.15) is 0 Å². The van der Waals surface area contributed by atoms with E-state index in [1.54, 1.807) is 0 Å². The standard InChI is InChI=1S/C13H18N2OS/c1-8(2)13(16)15-6-5-10-11(7-15)17-12(14-10)9-3-4-9/h8-9H,3-7H2,1-2H3. The number of thiazole rings is 1. The number of fused-ring (bicyclic) bond motifs is 1. The summed E-state index contributed by atoms with van der Waals surface area (Å²) in [6.45, 7) is 5.58. The highest BCUT2D eigenvalue weighted by Crippen LogP contribution is 2.43. The van der Waals surface area contributed by atoms with E-state index in [1.807, 2.05) is 30.1 Å². The molecule has 1 aliphatic heterocycles. The molecule has 2 heterocycles. The smallest absolute Gasteiger partial charge is 0.225 e. The van der Waals surface area contributed by atoms with Crippen molar-refractivity contribution in [2.24, 2.45) is 5.92 Å². The lowest BCUT2D eigenvalue weighted by atomic mass is 10.1. The van der Waals surface area contributed by atoms with Crippen LogP contribution < -0.4 is 0 Å². The molecule has 0 radical (unpaired) electrons.